The van der Waals surface area contributed by atoms with Crippen molar-refractivity contribution < 1.29 is 4.79 Å². The number of carbonyl (C=O) groups excluding carboxylic acids is 1. The van der Waals surface area contributed by atoms with Crippen molar-refractivity contribution in [1.29, 1.82) is 0 Å². The lowest BCUT2D eigenvalue weighted by Gasteiger charge is -2.25. The Balaban J connectivity index is 1.50. The number of aromatic nitrogens is 4. The standard InChI is InChI=1S/C15H19N7OS/c23-15(17-6-10-2-1-3-16-10)11-7-22(4-5-24-11)14-12-13(19-8-18-12)20-9-21-14/h7-10,16H,1-6H2,(H,17,23)(H,18,19,20,21)/t10-/m0/s1. The highest BCUT2D eigenvalue weighted by Crippen LogP contribution is 2.27. The summed E-state index contributed by atoms with van der Waals surface area (Å²) in [5.74, 6) is 1.56. The Morgan fingerprint density at radius 3 is 3.25 bits per heavy atom. The highest BCUT2D eigenvalue weighted by Gasteiger charge is 2.22. The van der Waals surface area contributed by atoms with E-state index in [1.165, 1.54) is 12.7 Å². The van der Waals surface area contributed by atoms with E-state index in [4.69, 9.17) is 0 Å². The lowest BCUT2D eigenvalue weighted by molar-refractivity contribution is -0.116. The zero-order valence-electron chi connectivity index (χ0n) is 13.2. The molecule has 2 aliphatic rings. The Bertz CT molecular complexity index is 768. The van der Waals surface area contributed by atoms with Gasteiger partial charge < -0.3 is 20.5 Å². The van der Waals surface area contributed by atoms with E-state index in [9.17, 15) is 4.79 Å². The van der Waals surface area contributed by atoms with E-state index in [0.717, 1.165) is 36.6 Å². The van der Waals surface area contributed by atoms with Gasteiger partial charge in [-0.3, -0.25) is 4.79 Å². The van der Waals surface area contributed by atoms with Crippen molar-refractivity contribution in [1.82, 2.24) is 30.6 Å². The Labute approximate surface area is 143 Å². The third-order valence-corrected chi connectivity index (χ3v) is 5.22. The maximum Gasteiger partial charge on any atom is 0.259 e. The minimum atomic E-state index is -0.0201. The van der Waals surface area contributed by atoms with Gasteiger partial charge in [-0.25, -0.2) is 15.0 Å². The Hall–Kier alpha value is -2.13. The van der Waals surface area contributed by atoms with Crippen LogP contribution < -0.4 is 15.5 Å². The van der Waals surface area contributed by atoms with Gasteiger partial charge in [-0.2, -0.15) is 0 Å². The van der Waals surface area contributed by atoms with Crippen LogP contribution in [0.2, 0.25) is 0 Å². The molecule has 126 valence electrons. The molecule has 2 aliphatic heterocycles. The maximum atomic E-state index is 12.4. The van der Waals surface area contributed by atoms with Gasteiger partial charge in [0.2, 0.25) is 0 Å². The highest BCUT2D eigenvalue weighted by atomic mass is 32.2. The zero-order valence-corrected chi connectivity index (χ0v) is 14.0. The van der Waals surface area contributed by atoms with E-state index < -0.39 is 0 Å². The number of hydrogen-bond acceptors (Lipinski definition) is 7. The van der Waals surface area contributed by atoms with Crippen LogP contribution in [-0.2, 0) is 4.79 Å². The van der Waals surface area contributed by atoms with E-state index in [0.29, 0.717) is 23.1 Å². The van der Waals surface area contributed by atoms with Crippen molar-refractivity contribution in [2.24, 2.45) is 0 Å². The molecule has 2 aromatic heterocycles. The largest absolute Gasteiger partial charge is 0.350 e. The number of fused-ring (bicyclic) bond motifs is 1. The van der Waals surface area contributed by atoms with Crippen LogP contribution in [0.3, 0.4) is 0 Å². The number of aromatic amines is 1. The summed E-state index contributed by atoms with van der Waals surface area (Å²) >= 11 is 1.58. The fourth-order valence-corrected chi connectivity index (χ4v) is 3.91. The lowest BCUT2D eigenvalue weighted by atomic mass is 10.2. The second kappa shape index (κ2) is 6.78. The van der Waals surface area contributed by atoms with Crippen LogP contribution in [0.15, 0.2) is 23.8 Å². The summed E-state index contributed by atoms with van der Waals surface area (Å²) in [5, 5.41) is 6.42. The van der Waals surface area contributed by atoms with Gasteiger partial charge in [0.05, 0.1) is 11.2 Å². The summed E-state index contributed by atoms with van der Waals surface area (Å²) in [6, 6.07) is 0.394. The number of rotatable bonds is 4. The van der Waals surface area contributed by atoms with Gasteiger partial charge in [-0.15, -0.1) is 11.8 Å². The van der Waals surface area contributed by atoms with Crippen LogP contribution in [0, 0.1) is 0 Å². The molecular weight excluding hydrogens is 326 g/mol. The maximum absolute atomic E-state index is 12.4. The fraction of sp³-hybridized carbons (Fsp3) is 0.467. The van der Waals surface area contributed by atoms with E-state index >= 15 is 0 Å². The Kier molecular flexibility index (Phi) is 4.35. The number of nitrogens with zero attached hydrogens (tertiary/aromatic N) is 4. The molecule has 1 amide bonds. The van der Waals surface area contributed by atoms with Crippen molar-refractivity contribution in [3.05, 3.63) is 23.8 Å². The topological polar surface area (TPSA) is 98.8 Å². The molecule has 1 atom stereocenters. The molecule has 0 aliphatic carbocycles. The van der Waals surface area contributed by atoms with Crippen LogP contribution in [0.25, 0.3) is 11.2 Å². The van der Waals surface area contributed by atoms with E-state index in [2.05, 4.69) is 30.6 Å². The molecule has 4 rings (SSSR count). The first kappa shape index (κ1) is 15.4. The first-order chi connectivity index (χ1) is 11.8. The van der Waals surface area contributed by atoms with Crippen LogP contribution in [0.5, 0.6) is 0 Å². The molecule has 2 aromatic rings. The van der Waals surface area contributed by atoms with Crippen molar-refractivity contribution in [2.75, 3.05) is 30.3 Å². The minimum Gasteiger partial charge on any atom is -0.350 e. The van der Waals surface area contributed by atoms with Crippen molar-refractivity contribution in [2.45, 2.75) is 18.9 Å². The van der Waals surface area contributed by atoms with Gasteiger partial charge >= 0.3 is 0 Å². The van der Waals surface area contributed by atoms with Crippen molar-refractivity contribution >= 4 is 34.7 Å². The molecule has 0 radical (unpaired) electrons. The van der Waals surface area contributed by atoms with Gasteiger partial charge in [0.25, 0.3) is 5.91 Å². The summed E-state index contributed by atoms with van der Waals surface area (Å²) < 4.78 is 0. The predicted octanol–water partition coefficient (Wildman–Crippen LogP) is 0.616. The lowest BCUT2D eigenvalue weighted by Crippen LogP contribution is -2.38. The number of hydrogen-bond donors (Lipinski definition) is 3. The molecule has 1 saturated heterocycles. The molecule has 4 heterocycles. The number of thioether (sulfide) groups is 1. The molecular formula is C15H19N7OS. The molecule has 1 fully saturated rings. The van der Waals surface area contributed by atoms with Gasteiger partial charge in [0.15, 0.2) is 11.5 Å². The summed E-state index contributed by atoms with van der Waals surface area (Å²) in [4.78, 5) is 30.8. The molecule has 0 spiro atoms. The number of H-pyrrole nitrogens is 1. The molecule has 3 N–H and O–H groups in total. The summed E-state index contributed by atoms with van der Waals surface area (Å²) in [5.41, 5.74) is 1.42. The average Bonchev–Trinajstić information content (AvgIpc) is 3.30. The highest BCUT2D eigenvalue weighted by molar-refractivity contribution is 8.04. The van der Waals surface area contributed by atoms with Crippen molar-refractivity contribution in [3.8, 4) is 0 Å². The molecule has 9 heteroatoms. The van der Waals surface area contributed by atoms with E-state index in [1.54, 1.807) is 18.1 Å². The second-order valence-electron chi connectivity index (χ2n) is 5.84. The third kappa shape index (κ3) is 3.09. The molecule has 8 nitrogen and oxygen atoms in total. The molecule has 24 heavy (non-hydrogen) atoms. The number of imidazole rings is 1. The number of nitrogens with one attached hydrogen (secondary N) is 3. The average molecular weight is 345 g/mol. The molecule has 0 aromatic carbocycles. The van der Waals surface area contributed by atoms with Crippen LogP contribution >= 0.6 is 11.8 Å². The number of anilines is 1. The second-order valence-corrected chi connectivity index (χ2v) is 6.97. The molecule has 0 unspecified atom stereocenters. The Morgan fingerprint density at radius 1 is 1.42 bits per heavy atom. The van der Waals surface area contributed by atoms with Crippen molar-refractivity contribution in [3.63, 3.8) is 0 Å². The first-order valence-electron chi connectivity index (χ1n) is 8.08. The van der Waals surface area contributed by atoms with Gasteiger partial charge in [0, 0.05) is 31.1 Å². The smallest absolute Gasteiger partial charge is 0.259 e. The molecule has 0 saturated carbocycles. The minimum absolute atomic E-state index is 0.0201. The van der Waals surface area contributed by atoms with Gasteiger partial charge in [-0.1, -0.05) is 0 Å². The van der Waals surface area contributed by atoms with Crippen LogP contribution in [0.1, 0.15) is 12.8 Å². The molecule has 0 bridgehead atoms. The van der Waals surface area contributed by atoms with Crippen LogP contribution in [0.4, 0.5) is 5.82 Å². The monoisotopic (exact) mass is 345 g/mol. The third-order valence-electron chi connectivity index (χ3n) is 4.23. The van der Waals surface area contributed by atoms with Gasteiger partial charge in [0.1, 0.15) is 11.8 Å². The fourth-order valence-electron chi connectivity index (χ4n) is 2.99. The van der Waals surface area contributed by atoms with E-state index in [-0.39, 0.29) is 5.91 Å². The predicted molar refractivity (Wildman–Crippen MR) is 93.6 cm³/mol. The summed E-state index contributed by atoms with van der Waals surface area (Å²) in [6.45, 7) is 2.51. The van der Waals surface area contributed by atoms with Crippen LogP contribution in [-0.4, -0.2) is 57.3 Å². The summed E-state index contributed by atoms with van der Waals surface area (Å²) in [6.07, 6.45) is 7.28. The first-order valence-corrected chi connectivity index (χ1v) is 9.07. The van der Waals surface area contributed by atoms with E-state index in [1.807, 2.05) is 11.1 Å². The van der Waals surface area contributed by atoms with Gasteiger partial charge in [-0.05, 0) is 19.4 Å². The summed E-state index contributed by atoms with van der Waals surface area (Å²) in [7, 11) is 0. The zero-order chi connectivity index (χ0) is 16.4. The quantitative estimate of drug-likeness (QED) is 0.747. The Morgan fingerprint density at radius 2 is 2.38 bits per heavy atom. The normalized spacial score (nSPS) is 21.1. The number of amides is 1. The SMILES string of the molecule is O=C(NC[C@@H]1CCCN1)C1=CN(c2ncnc3nc[nH]c23)CCS1. The number of carbonyl (C=O) groups is 1.